The van der Waals surface area contributed by atoms with Gasteiger partial charge in [-0.05, 0) is 50.6 Å². The van der Waals surface area contributed by atoms with E-state index in [1.807, 2.05) is 6.07 Å². The highest BCUT2D eigenvalue weighted by Crippen LogP contribution is 2.30. The summed E-state index contributed by atoms with van der Waals surface area (Å²) in [5.41, 5.74) is 1.23. The molecule has 1 heterocycles. The van der Waals surface area contributed by atoms with E-state index in [1.165, 1.54) is 18.4 Å². The third kappa shape index (κ3) is 3.61. The van der Waals surface area contributed by atoms with E-state index in [9.17, 15) is 0 Å². The molecule has 0 spiro atoms. The van der Waals surface area contributed by atoms with Gasteiger partial charge in [0, 0.05) is 12.1 Å². The first-order valence-corrected chi connectivity index (χ1v) is 6.93. The molecule has 1 atom stereocenters. The minimum absolute atomic E-state index is 0.322. The zero-order valence-electron chi connectivity index (χ0n) is 12.0. The lowest BCUT2D eigenvalue weighted by Crippen LogP contribution is -2.40. The van der Waals surface area contributed by atoms with Gasteiger partial charge in [0.05, 0.1) is 14.2 Å². The summed E-state index contributed by atoms with van der Waals surface area (Å²) in [6.07, 6.45) is 2.38. The molecule has 1 saturated heterocycles. The van der Waals surface area contributed by atoms with Crippen molar-refractivity contribution in [2.24, 2.45) is 0 Å². The second kappa shape index (κ2) is 6.78. The van der Waals surface area contributed by atoms with Crippen LogP contribution in [0.25, 0.3) is 0 Å². The Labute approximate surface area is 115 Å². The van der Waals surface area contributed by atoms with Gasteiger partial charge in [-0.3, -0.25) is 0 Å². The lowest BCUT2D eigenvalue weighted by atomic mass is 10.0. The van der Waals surface area contributed by atoms with Crippen LogP contribution in [0.4, 0.5) is 0 Å². The van der Waals surface area contributed by atoms with Crippen molar-refractivity contribution in [2.75, 3.05) is 27.3 Å². The molecule has 19 heavy (non-hydrogen) atoms. The Kier molecular flexibility index (Phi) is 5.05. The van der Waals surface area contributed by atoms with Crippen LogP contribution in [0, 0.1) is 0 Å². The number of hydrogen-bond donors (Lipinski definition) is 2. The molecule has 0 aromatic heterocycles. The first-order valence-electron chi connectivity index (χ1n) is 6.93. The van der Waals surface area contributed by atoms with Crippen molar-refractivity contribution in [3.8, 4) is 11.5 Å². The van der Waals surface area contributed by atoms with Crippen LogP contribution in [0.15, 0.2) is 18.2 Å². The zero-order chi connectivity index (χ0) is 13.7. The summed E-state index contributed by atoms with van der Waals surface area (Å²) < 4.78 is 10.6. The van der Waals surface area contributed by atoms with Crippen molar-refractivity contribution >= 4 is 0 Å². The molecule has 2 N–H and O–H groups in total. The number of rotatable bonds is 5. The van der Waals surface area contributed by atoms with Gasteiger partial charge in [0.1, 0.15) is 0 Å². The third-order valence-electron chi connectivity index (χ3n) is 3.73. The van der Waals surface area contributed by atoms with Crippen LogP contribution in [0.5, 0.6) is 11.5 Å². The number of nitrogens with one attached hydrogen (secondary N) is 2. The highest BCUT2D eigenvalue weighted by molar-refractivity contribution is 5.43. The molecule has 0 aliphatic carbocycles. The SMILES string of the molecule is COc1ccc(C(C)NC2CCNCC2)cc1OC. The fraction of sp³-hybridized carbons (Fsp3) is 0.600. The quantitative estimate of drug-likeness (QED) is 0.855. The average molecular weight is 264 g/mol. The number of piperidine rings is 1. The van der Waals surface area contributed by atoms with E-state index in [2.05, 4.69) is 29.7 Å². The highest BCUT2D eigenvalue weighted by Gasteiger charge is 2.17. The monoisotopic (exact) mass is 264 g/mol. The Morgan fingerprint density at radius 1 is 1.16 bits per heavy atom. The van der Waals surface area contributed by atoms with Crippen LogP contribution in [0.2, 0.25) is 0 Å². The number of ether oxygens (including phenoxy) is 2. The maximum atomic E-state index is 5.35. The second-order valence-electron chi connectivity index (χ2n) is 5.03. The van der Waals surface area contributed by atoms with Gasteiger partial charge in [-0.1, -0.05) is 6.07 Å². The minimum atomic E-state index is 0.322. The van der Waals surface area contributed by atoms with Crippen molar-refractivity contribution in [2.45, 2.75) is 31.8 Å². The summed E-state index contributed by atoms with van der Waals surface area (Å²) in [4.78, 5) is 0. The molecule has 1 aliphatic heterocycles. The van der Waals surface area contributed by atoms with Crippen molar-refractivity contribution in [3.63, 3.8) is 0 Å². The van der Waals surface area contributed by atoms with E-state index >= 15 is 0 Å². The summed E-state index contributed by atoms with van der Waals surface area (Å²) in [6, 6.07) is 7.04. The molecule has 1 fully saturated rings. The molecule has 0 radical (unpaired) electrons. The maximum absolute atomic E-state index is 5.35. The summed E-state index contributed by atoms with van der Waals surface area (Å²) in [6.45, 7) is 4.41. The van der Waals surface area contributed by atoms with E-state index in [0.29, 0.717) is 12.1 Å². The van der Waals surface area contributed by atoms with Gasteiger partial charge in [-0.15, -0.1) is 0 Å². The molecule has 1 aliphatic rings. The summed E-state index contributed by atoms with van der Waals surface area (Å²) in [5.74, 6) is 1.57. The summed E-state index contributed by atoms with van der Waals surface area (Å²) in [5, 5.41) is 7.07. The van der Waals surface area contributed by atoms with Gasteiger partial charge >= 0.3 is 0 Å². The van der Waals surface area contributed by atoms with Gasteiger partial charge in [-0.25, -0.2) is 0 Å². The van der Waals surface area contributed by atoms with E-state index in [0.717, 1.165) is 24.6 Å². The Balaban J connectivity index is 2.03. The molecule has 0 bridgehead atoms. The van der Waals surface area contributed by atoms with E-state index in [-0.39, 0.29) is 0 Å². The standard InChI is InChI=1S/C15H24N2O2/c1-11(17-13-6-8-16-9-7-13)12-4-5-14(18-2)15(10-12)19-3/h4-5,10-11,13,16-17H,6-9H2,1-3H3. The van der Waals surface area contributed by atoms with Crippen molar-refractivity contribution in [1.82, 2.24) is 10.6 Å². The second-order valence-corrected chi connectivity index (χ2v) is 5.03. The van der Waals surface area contributed by atoms with Crippen molar-refractivity contribution in [3.05, 3.63) is 23.8 Å². The van der Waals surface area contributed by atoms with E-state index in [1.54, 1.807) is 14.2 Å². The largest absolute Gasteiger partial charge is 0.493 e. The van der Waals surface area contributed by atoms with Gasteiger partial charge in [0.15, 0.2) is 11.5 Å². The number of hydrogen-bond acceptors (Lipinski definition) is 4. The molecule has 4 heteroatoms. The molecule has 106 valence electrons. The van der Waals surface area contributed by atoms with Crippen molar-refractivity contribution < 1.29 is 9.47 Å². The fourth-order valence-corrected chi connectivity index (χ4v) is 2.56. The Morgan fingerprint density at radius 2 is 1.84 bits per heavy atom. The minimum Gasteiger partial charge on any atom is -0.493 e. The molecule has 1 unspecified atom stereocenters. The fourth-order valence-electron chi connectivity index (χ4n) is 2.56. The smallest absolute Gasteiger partial charge is 0.161 e. The number of benzene rings is 1. The third-order valence-corrected chi connectivity index (χ3v) is 3.73. The molecule has 1 aromatic carbocycles. The zero-order valence-corrected chi connectivity index (χ0v) is 12.0. The topological polar surface area (TPSA) is 42.5 Å². The Bertz CT molecular complexity index is 403. The van der Waals surface area contributed by atoms with E-state index in [4.69, 9.17) is 9.47 Å². The molecular formula is C15H24N2O2. The average Bonchev–Trinajstić information content (AvgIpc) is 2.47. The predicted octanol–water partition coefficient (Wildman–Crippen LogP) is 2.11. The molecule has 4 nitrogen and oxygen atoms in total. The van der Waals surface area contributed by atoms with Crippen LogP contribution in [-0.4, -0.2) is 33.4 Å². The number of methoxy groups -OCH3 is 2. The Morgan fingerprint density at radius 3 is 2.47 bits per heavy atom. The molecule has 2 rings (SSSR count). The van der Waals surface area contributed by atoms with Gasteiger partial charge < -0.3 is 20.1 Å². The van der Waals surface area contributed by atoms with Gasteiger partial charge in [-0.2, -0.15) is 0 Å². The molecule has 1 aromatic rings. The highest BCUT2D eigenvalue weighted by atomic mass is 16.5. The van der Waals surface area contributed by atoms with Gasteiger partial charge in [0.2, 0.25) is 0 Å². The molecular weight excluding hydrogens is 240 g/mol. The van der Waals surface area contributed by atoms with Crippen LogP contribution in [0.1, 0.15) is 31.4 Å². The first kappa shape index (κ1) is 14.2. The van der Waals surface area contributed by atoms with Crippen LogP contribution >= 0.6 is 0 Å². The van der Waals surface area contributed by atoms with Crippen LogP contribution in [0.3, 0.4) is 0 Å². The molecule has 0 amide bonds. The predicted molar refractivity (Wildman–Crippen MR) is 77.0 cm³/mol. The van der Waals surface area contributed by atoms with Gasteiger partial charge in [0.25, 0.3) is 0 Å². The lowest BCUT2D eigenvalue weighted by Gasteiger charge is -2.27. The first-order chi connectivity index (χ1) is 9.24. The van der Waals surface area contributed by atoms with Crippen LogP contribution in [-0.2, 0) is 0 Å². The van der Waals surface area contributed by atoms with Crippen molar-refractivity contribution in [1.29, 1.82) is 0 Å². The summed E-state index contributed by atoms with van der Waals surface area (Å²) in [7, 11) is 3.33. The van der Waals surface area contributed by atoms with E-state index < -0.39 is 0 Å². The summed E-state index contributed by atoms with van der Waals surface area (Å²) >= 11 is 0. The lowest BCUT2D eigenvalue weighted by molar-refractivity contribution is 0.348. The maximum Gasteiger partial charge on any atom is 0.161 e. The Hall–Kier alpha value is -1.26. The molecule has 0 saturated carbocycles. The normalized spacial score (nSPS) is 18.1. The van der Waals surface area contributed by atoms with Crippen LogP contribution < -0.4 is 20.1 Å².